The number of hydrogen-bond acceptors (Lipinski definition) is 3. The molecular formula is C11H20N2O4. The number of amides is 2. The van der Waals surface area contributed by atoms with E-state index in [-0.39, 0.29) is 0 Å². The van der Waals surface area contributed by atoms with Gasteiger partial charge in [-0.15, -0.1) is 0 Å². The number of nitrogens with zero attached hydrogens (tertiary/aromatic N) is 1. The Kier molecular flexibility index (Phi) is 4.74. The molecular weight excluding hydrogens is 224 g/mol. The summed E-state index contributed by atoms with van der Waals surface area (Å²) in [5.74, 6) is -0.386. The minimum absolute atomic E-state index is 0.412. The molecule has 3 N–H and O–H groups in total. The highest BCUT2D eigenvalue weighted by Crippen LogP contribution is 2.20. The maximum Gasteiger partial charge on any atom is 0.328 e. The molecule has 1 fully saturated rings. The summed E-state index contributed by atoms with van der Waals surface area (Å²) < 4.78 is 0. The van der Waals surface area contributed by atoms with Gasteiger partial charge in [0.1, 0.15) is 0 Å². The van der Waals surface area contributed by atoms with Gasteiger partial charge in [0.05, 0.1) is 6.61 Å². The monoisotopic (exact) mass is 244 g/mol. The smallest absolute Gasteiger partial charge is 0.328 e. The van der Waals surface area contributed by atoms with E-state index < -0.39 is 24.6 Å². The van der Waals surface area contributed by atoms with Crippen molar-refractivity contribution in [1.82, 2.24) is 10.2 Å². The van der Waals surface area contributed by atoms with Gasteiger partial charge in [0.15, 0.2) is 6.04 Å². The average molecular weight is 244 g/mol. The van der Waals surface area contributed by atoms with Gasteiger partial charge in [0.25, 0.3) is 0 Å². The van der Waals surface area contributed by atoms with E-state index in [0.717, 1.165) is 6.42 Å². The summed E-state index contributed by atoms with van der Waals surface area (Å²) in [5, 5.41) is 19.9. The molecule has 0 aromatic heterocycles. The molecule has 1 rings (SSSR count). The van der Waals surface area contributed by atoms with E-state index in [1.807, 2.05) is 0 Å². The number of carbonyl (C=O) groups is 2. The first-order valence-corrected chi connectivity index (χ1v) is 5.83. The summed E-state index contributed by atoms with van der Waals surface area (Å²) in [7, 11) is 0. The quantitative estimate of drug-likeness (QED) is 0.657. The van der Waals surface area contributed by atoms with E-state index in [0.29, 0.717) is 24.9 Å². The van der Waals surface area contributed by atoms with Crippen molar-refractivity contribution in [3.05, 3.63) is 0 Å². The van der Waals surface area contributed by atoms with Crippen LogP contribution in [0.3, 0.4) is 0 Å². The minimum Gasteiger partial charge on any atom is -0.480 e. The predicted octanol–water partition coefficient (Wildman–Crippen LogP) is 0.119. The summed E-state index contributed by atoms with van der Waals surface area (Å²) in [6.45, 7) is 4.80. The fourth-order valence-corrected chi connectivity index (χ4v) is 2.25. The van der Waals surface area contributed by atoms with Crippen molar-refractivity contribution >= 4 is 12.0 Å². The average Bonchev–Trinajstić information content (AvgIpc) is 2.23. The third-order valence-electron chi connectivity index (χ3n) is 2.93. The summed E-state index contributed by atoms with van der Waals surface area (Å²) in [6.07, 6.45) is 1.08. The van der Waals surface area contributed by atoms with E-state index in [9.17, 15) is 9.59 Å². The molecule has 98 valence electrons. The summed E-state index contributed by atoms with van der Waals surface area (Å²) in [4.78, 5) is 24.1. The number of aliphatic carboxylic acids is 1. The van der Waals surface area contributed by atoms with Gasteiger partial charge < -0.3 is 20.4 Å². The van der Waals surface area contributed by atoms with Crippen LogP contribution in [0.2, 0.25) is 0 Å². The van der Waals surface area contributed by atoms with Gasteiger partial charge in [-0.3, -0.25) is 0 Å². The van der Waals surface area contributed by atoms with Crippen molar-refractivity contribution in [3.63, 3.8) is 0 Å². The number of rotatable bonds is 3. The molecule has 0 aliphatic carbocycles. The minimum atomic E-state index is -1.23. The second-order valence-electron chi connectivity index (χ2n) is 4.87. The number of carboxylic acids is 1. The number of piperidine rings is 1. The number of likely N-dealkylation sites (tertiary alicyclic amines) is 1. The highest BCUT2D eigenvalue weighted by Gasteiger charge is 2.28. The van der Waals surface area contributed by atoms with Gasteiger partial charge in [-0.2, -0.15) is 0 Å². The van der Waals surface area contributed by atoms with Crippen LogP contribution >= 0.6 is 0 Å². The van der Waals surface area contributed by atoms with Crippen LogP contribution in [0.4, 0.5) is 4.79 Å². The standard InChI is InChI=1S/C11H20N2O4/c1-7-3-8(2)5-13(4-7)11(17)12-9(6-14)10(15)16/h7-9,14H,3-6H2,1-2H3,(H,12,17)(H,15,16)/t7?,8?,9-/m1/s1. The molecule has 0 saturated carbocycles. The number of nitrogens with one attached hydrogen (secondary N) is 1. The topological polar surface area (TPSA) is 89.9 Å². The summed E-state index contributed by atoms with van der Waals surface area (Å²) >= 11 is 0. The zero-order valence-electron chi connectivity index (χ0n) is 10.2. The maximum atomic E-state index is 11.8. The van der Waals surface area contributed by atoms with Gasteiger partial charge in [-0.05, 0) is 18.3 Å². The first-order valence-electron chi connectivity index (χ1n) is 5.83. The van der Waals surface area contributed by atoms with Crippen molar-refractivity contribution in [2.45, 2.75) is 26.3 Å². The highest BCUT2D eigenvalue weighted by molar-refractivity contribution is 5.82. The Labute approximate surface area is 101 Å². The van der Waals surface area contributed by atoms with Gasteiger partial charge in [-0.1, -0.05) is 13.8 Å². The van der Waals surface area contributed by atoms with Crippen LogP contribution in [-0.2, 0) is 4.79 Å². The molecule has 0 aromatic carbocycles. The number of hydrogen-bond donors (Lipinski definition) is 3. The van der Waals surface area contributed by atoms with Crippen LogP contribution in [0.15, 0.2) is 0 Å². The van der Waals surface area contributed by atoms with Crippen LogP contribution in [0.1, 0.15) is 20.3 Å². The lowest BCUT2D eigenvalue weighted by molar-refractivity contribution is -0.140. The molecule has 3 atom stereocenters. The maximum absolute atomic E-state index is 11.8. The van der Waals surface area contributed by atoms with Crippen LogP contribution < -0.4 is 5.32 Å². The van der Waals surface area contributed by atoms with E-state index >= 15 is 0 Å². The molecule has 1 heterocycles. The fraction of sp³-hybridized carbons (Fsp3) is 0.818. The predicted molar refractivity (Wildman–Crippen MR) is 61.6 cm³/mol. The van der Waals surface area contributed by atoms with Crippen LogP contribution in [0, 0.1) is 11.8 Å². The van der Waals surface area contributed by atoms with E-state index in [1.54, 1.807) is 4.90 Å². The molecule has 1 saturated heterocycles. The van der Waals surface area contributed by atoms with Crippen LogP contribution in [-0.4, -0.2) is 52.9 Å². The van der Waals surface area contributed by atoms with Crippen molar-refractivity contribution < 1.29 is 19.8 Å². The third kappa shape index (κ3) is 3.89. The lowest BCUT2D eigenvalue weighted by Crippen LogP contribution is -2.53. The van der Waals surface area contributed by atoms with Crippen molar-refractivity contribution in [2.24, 2.45) is 11.8 Å². The molecule has 2 amide bonds. The SMILES string of the molecule is CC1CC(C)CN(C(=O)N[C@H](CO)C(=O)O)C1. The molecule has 6 nitrogen and oxygen atoms in total. The van der Waals surface area contributed by atoms with Gasteiger partial charge in [0, 0.05) is 13.1 Å². The Hall–Kier alpha value is -1.30. The Morgan fingerprint density at radius 1 is 1.35 bits per heavy atom. The second kappa shape index (κ2) is 5.86. The van der Waals surface area contributed by atoms with Gasteiger partial charge in [-0.25, -0.2) is 9.59 Å². The largest absolute Gasteiger partial charge is 0.480 e. The first kappa shape index (κ1) is 13.8. The molecule has 1 aliphatic heterocycles. The number of aliphatic hydroxyl groups is 1. The number of aliphatic hydroxyl groups excluding tert-OH is 1. The molecule has 0 bridgehead atoms. The van der Waals surface area contributed by atoms with E-state index in [1.165, 1.54) is 0 Å². The van der Waals surface area contributed by atoms with Gasteiger partial charge in [0.2, 0.25) is 0 Å². The lowest BCUT2D eigenvalue weighted by Gasteiger charge is -2.35. The molecule has 2 unspecified atom stereocenters. The second-order valence-corrected chi connectivity index (χ2v) is 4.87. The zero-order valence-corrected chi connectivity index (χ0v) is 10.2. The molecule has 17 heavy (non-hydrogen) atoms. The molecule has 0 radical (unpaired) electrons. The Morgan fingerprint density at radius 2 is 1.88 bits per heavy atom. The molecule has 0 aromatic rings. The van der Waals surface area contributed by atoms with E-state index in [2.05, 4.69) is 19.2 Å². The fourth-order valence-electron chi connectivity index (χ4n) is 2.25. The summed E-state index contributed by atoms with van der Waals surface area (Å²) in [6, 6.07) is -1.64. The first-order chi connectivity index (χ1) is 7.93. The molecule has 6 heteroatoms. The zero-order chi connectivity index (χ0) is 13.0. The molecule has 0 spiro atoms. The third-order valence-corrected chi connectivity index (χ3v) is 2.93. The van der Waals surface area contributed by atoms with Gasteiger partial charge >= 0.3 is 12.0 Å². The molecule has 1 aliphatic rings. The Bertz CT molecular complexity index is 285. The van der Waals surface area contributed by atoms with E-state index in [4.69, 9.17) is 10.2 Å². The normalized spacial score (nSPS) is 26.4. The highest BCUT2D eigenvalue weighted by atomic mass is 16.4. The Balaban J connectivity index is 2.54. The number of carboxylic acid groups (broad SMARTS) is 1. The summed E-state index contributed by atoms with van der Waals surface area (Å²) in [5.41, 5.74) is 0. The number of urea groups is 1. The number of carbonyl (C=O) groups excluding carboxylic acids is 1. The van der Waals surface area contributed by atoms with Crippen molar-refractivity contribution in [1.29, 1.82) is 0 Å². The Morgan fingerprint density at radius 3 is 2.29 bits per heavy atom. The van der Waals surface area contributed by atoms with Crippen LogP contribution in [0.25, 0.3) is 0 Å². The van der Waals surface area contributed by atoms with Crippen LogP contribution in [0.5, 0.6) is 0 Å². The van der Waals surface area contributed by atoms with Crippen molar-refractivity contribution in [2.75, 3.05) is 19.7 Å². The lowest BCUT2D eigenvalue weighted by atomic mass is 9.92. The van der Waals surface area contributed by atoms with Crippen molar-refractivity contribution in [3.8, 4) is 0 Å².